The molecule has 0 aromatic carbocycles. The SMILES string of the molecule is CC(=O)C(C(=O)O)C(=S)CS. The molecule has 62 valence electrons. The number of hydrogen-bond donors (Lipinski definition) is 2. The molecule has 0 heterocycles. The molecule has 0 saturated heterocycles. The maximum absolute atomic E-state index is 10.7. The van der Waals surface area contributed by atoms with Crippen molar-refractivity contribution in [3.63, 3.8) is 0 Å². The van der Waals surface area contributed by atoms with E-state index >= 15 is 0 Å². The van der Waals surface area contributed by atoms with E-state index in [0.29, 0.717) is 0 Å². The number of Topliss-reactive ketones (excluding diaryl/α,β-unsaturated/α-hetero) is 1. The van der Waals surface area contributed by atoms with Crippen molar-refractivity contribution in [3.8, 4) is 0 Å². The molecule has 0 bridgehead atoms. The fraction of sp³-hybridized carbons (Fsp3) is 0.500. The molecule has 0 saturated carbocycles. The van der Waals surface area contributed by atoms with Gasteiger partial charge in [-0.25, -0.2) is 0 Å². The summed E-state index contributed by atoms with van der Waals surface area (Å²) in [6, 6.07) is 0. The summed E-state index contributed by atoms with van der Waals surface area (Å²) in [6.45, 7) is 1.20. The number of rotatable bonds is 4. The number of carbonyl (C=O) groups is 2. The molecule has 0 aliphatic rings. The molecule has 11 heavy (non-hydrogen) atoms. The van der Waals surface area contributed by atoms with Gasteiger partial charge >= 0.3 is 5.97 Å². The van der Waals surface area contributed by atoms with Crippen LogP contribution in [-0.2, 0) is 9.59 Å². The summed E-state index contributed by atoms with van der Waals surface area (Å²) >= 11 is 8.44. The summed E-state index contributed by atoms with van der Waals surface area (Å²) in [5.74, 6) is -2.66. The first-order chi connectivity index (χ1) is 5.00. The third-order valence-electron chi connectivity index (χ3n) is 1.13. The van der Waals surface area contributed by atoms with Gasteiger partial charge in [-0.05, 0) is 6.92 Å². The summed E-state index contributed by atoms with van der Waals surface area (Å²) in [5.41, 5.74) is 0. The van der Waals surface area contributed by atoms with E-state index in [9.17, 15) is 9.59 Å². The number of hydrogen-bond acceptors (Lipinski definition) is 4. The van der Waals surface area contributed by atoms with Crippen LogP contribution in [-0.4, -0.2) is 27.5 Å². The highest BCUT2D eigenvalue weighted by atomic mass is 32.1. The first-order valence-electron chi connectivity index (χ1n) is 2.87. The zero-order valence-electron chi connectivity index (χ0n) is 5.90. The highest BCUT2D eigenvalue weighted by Gasteiger charge is 2.25. The minimum absolute atomic E-state index is 0.145. The molecular weight excluding hydrogens is 184 g/mol. The Morgan fingerprint density at radius 1 is 1.64 bits per heavy atom. The van der Waals surface area contributed by atoms with E-state index in [1.54, 1.807) is 0 Å². The average Bonchev–Trinajstić information content (AvgIpc) is 1.85. The van der Waals surface area contributed by atoms with Gasteiger partial charge in [0.1, 0.15) is 11.7 Å². The van der Waals surface area contributed by atoms with Gasteiger partial charge in [-0.3, -0.25) is 9.59 Å². The van der Waals surface area contributed by atoms with E-state index in [2.05, 4.69) is 24.8 Å². The summed E-state index contributed by atoms with van der Waals surface area (Å²) in [5, 5.41) is 8.50. The minimum atomic E-state index is -1.20. The molecule has 0 rings (SSSR count). The van der Waals surface area contributed by atoms with Crippen LogP contribution in [0.5, 0.6) is 0 Å². The van der Waals surface area contributed by atoms with Crippen LogP contribution in [0.3, 0.4) is 0 Å². The van der Waals surface area contributed by atoms with Crippen molar-refractivity contribution in [1.29, 1.82) is 0 Å². The monoisotopic (exact) mass is 192 g/mol. The van der Waals surface area contributed by atoms with E-state index in [-0.39, 0.29) is 10.6 Å². The quantitative estimate of drug-likeness (QED) is 0.388. The van der Waals surface area contributed by atoms with E-state index in [4.69, 9.17) is 5.11 Å². The van der Waals surface area contributed by atoms with Crippen LogP contribution in [0, 0.1) is 5.92 Å². The molecule has 0 aromatic rings. The standard InChI is InChI=1S/C6H8O3S2/c1-3(7)5(6(8)9)4(11)2-10/h5,10H,2H2,1H3,(H,8,9). The predicted octanol–water partition coefficient (Wildman–Crippen LogP) is 0.576. The molecule has 5 heteroatoms. The maximum atomic E-state index is 10.7. The first kappa shape index (κ1) is 10.6. The normalized spacial score (nSPS) is 12.2. The fourth-order valence-corrected chi connectivity index (χ4v) is 1.08. The minimum Gasteiger partial charge on any atom is -0.480 e. The Hall–Kier alpha value is -0.420. The highest BCUT2D eigenvalue weighted by molar-refractivity contribution is 7.86. The van der Waals surface area contributed by atoms with Crippen molar-refractivity contribution in [1.82, 2.24) is 0 Å². The van der Waals surface area contributed by atoms with E-state index in [1.807, 2.05) is 0 Å². The lowest BCUT2D eigenvalue weighted by atomic mass is 10.0. The molecule has 0 radical (unpaired) electrons. The van der Waals surface area contributed by atoms with Gasteiger partial charge in [0, 0.05) is 10.6 Å². The van der Waals surface area contributed by atoms with Gasteiger partial charge in [-0.1, -0.05) is 12.2 Å². The molecule has 1 atom stereocenters. The van der Waals surface area contributed by atoms with Gasteiger partial charge < -0.3 is 5.11 Å². The zero-order chi connectivity index (χ0) is 9.02. The number of carboxylic acid groups (broad SMARTS) is 1. The molecule has 0 spiro atoms. The molecule has 3 nitrogen and oxygen atoms in total. The number of ketones is 1. The number of aliphatic carboxylic acids is 1. The summed E-state index contributed by atoms with van der Waals surface area (Å²) in [4.78, 5) is 21.2. The summed E-state index contributed by atoms with van der Waals surface area (Å²) in [6.07, 6.45) is 0. The molecule has 0 aliphatic heterocycles. The zero-order valence-corrected chi connectivity index (χ0v) is 7.61. The Morgan fingerprint density at radius 3 is 2.18 bits per heavy atom. The topological polar surface area (TPSA) is 54.4 Å². The van der Waals surface area contributed by atoms with Crippen LogP contribution in [0.15, 0.2) is 0 Å². The predicted molar refractivity (Wildman–Crippen MR) is 48.3 cm³/mol. The van der Waals surface area contributed by atoms with Crippen molar-refractivity contribution < 1.29 is 14.7 Å². The van der Waals surface area contributed by atoms with E-state index in [0.717, 1.165) is 0 Å². The third kappa shape index (κ3) is 2.98. The molecule has 0 amide bonds. The molecule has 0 aliphatic carbocycles. The van der Waals surface area contributed by atoms with Crippen LogP contribution in [0.1, 0.15) is 6.92 Å². The second-order valence-electron chi connectivity index (χ2n) is 2.01. The van der Waals surface area contributed by atoms with Gasteiger partial charge in [-0.15, -0.1) is 0 Å². The van der Waals surface area contributed by atoms with Gasteiger partial charge in [0.15, 0.2) is 0 Å². The van der Waals surface area contributed by atoms with Gasteiger partial charge in [0.2, 0.25) is 0 Å². The smallest absolute Gasteiger partial charge is 0.319 e. The lowest BCUT2D eigenvalue weighted by Crippen LogP contribution is -2.29. The van der Waals surface area contributed by atoms with E-state index in [1.165, 1.54) is 6.92 Å². The summed E-state index contributed by atoms with van der Waals surface area (Å²) in [7, 11) is 0. The Balaban J connectivity index is 4.47. The Kier molecular flexibility index (Phi) is 4.29. The molecule has 0 fully saturated rings. The van der Waals surface area contributed by atoms with Crippen molar-refractivity contribution in [2.24, 2.45) is 5.92 Å². The molecular formula is C6H8O3S2. The Morgan fingerprint density at radius 2 is 2.09 bits per heavy atom. The number of thiol groups is 1. The number of carbonyl (C=O) groups excluding carboxylic acids is 1. The molecule has 1 unspecified atom stereocenters. The number of thiocarbonyl (C=S) groups is 1. The van der Waals surface area contributed by atoms with Crippen LogP contribution in [0.25, 0.3) is 0 Å². The van der Waals surface area contributed by atoms with Crippen LogP contribution in [0.2, 0.25) is 0 Å². The Bertz CT molecular complexity index is 186. The van der Waals surface area contributed by atoms with Crippen LogP contribution < -0.4 is 0 Å². The second-order valence-corrected chi connectivity index (χ2v) is 2.85. The van der Waals surface area contributed by atoms with Gasteiger partial charge in [-0.2, -0.15) is 12.6 Å². The van der Waals surface area contributed by atoms with E-state index < -0.39 is 17.7 Å². The molecule has 0 aromatic heterocycles. The van der Waals surface area contributed by atoms with Crippen molar-refractivity contribution in [2.45, 2.75) is 6.92 Å². The van der Waals surface area contributed by atoms with Gasteiger partial charge in [0.05, 0.1) is 0 Å². The largest absolute Gasteiger partial charge is 0.480 e. The lowest BCUT2D eigenvalue weighted by Gasteiger charge is -2.06. The average molecular weight is 192 g/mol. The van der Waals surface area contributed by atoms with Crippen molar-refractivity contribution in [2.75, 3.05) is 5.75 Å². The fourth-order valence-electron chi connectivity index (χ4n) is 0.630. The van der Waals surface area contributed by atoms with Crippen LogP contribution >= 0.6 is 24.8 Å². The van der Waals surface area contributed by atoms with Crippen LogP contribution in [0.4, 0.5) is 0 Å². The first-order valence-corrected chi connectivity index (χ1v) is 3.91. The second kappa shape index (κ2) is 4.46. The van der Waals surface area contributed by atoms with Crippen molar-refractivity contribution >= 4 is 41.5 Å². The van der Waals surface area contributed by atoms with Crippen molar-refractivity contribution in [3.05, 3.63) is 0 Å². The third-order valence-corrected chi connectivity index (χ3v) is 2.07. The Labute approximate surface area is 75.2 Å². The summed E-state index contributed by atoms with van der Waals surface area (Å²) < 4.78 is 0. The maximum Gasteiger partial charge on any atom is 0.319 e. The molecule has 1 N–H and O–H groups in total. The van der Waals surface area contributed by atoms with Gasteiger partial charge in [0.25, 0.3) is 0 Å². The lowest BCUT2D eigenvalue weighted by molar-refractivity contribution is -0.142. The number of carboxylic acids is 1. The highest BCUT2D eigenvalue weighted by Crippen LogP contribution is 2.04.